The van der Waals surface area contributed by atoms with E-state index in [-0.39, 0.29) is 11.6 Å². The van der Waals surface area contributed by atoms with E-state index < -0.39 is 0 Å². The van der Waals surface area contributed by atoms with E-state index in [1.54, 1.807) is 5.57 Å². The fourth-order valence-corrected chi connectivity index (χ4v) is 17.2. The minimum atomic E-state index is 0.266. The quantitative estimate of drug-likeness (QED) is 0.270. The van der Waals surface area contributed by atoms with E-state index in [0.29, 0.717) is 36.0 Å². The summed E-state index contributed by atoms with van der Waals surface area (Å²) in [6, 6.07) is 3.89. The molecule has 0 radical (unpaired) electrons. The summed E-state index contributed by atoms with van der Waals surface area (Å²) in [5.41, 5.74) is 2.34. The zero-order valence-electron chi connectivity index (χ0n) is 33.2. The number of rotatable bonds is 4. The zero-order valence-corrected chi connectivity index (χ0v) is 33.2. The summed E-state index contributed by atoms with van der Waals surface area (Å²) in [5.74, 6) is 5.09. The minimum absolute atomic E-state index is 0.266. The van der Waals surface area contributed by atoms with E-state index in [0.717, 1.165) is 53.6 Å². The topological polar surface area (TPSA) is 15.7 Å². The van der Waals surface area contributed by atoms with Crippen molar-refractivity contribution >= 4 is 6.71 Å². The van der Waals surface area contributed by atoms with Crippen molar-refractivity contribution in [3.05, 3.63) is 72.4 Å². The molecule has 8 fully saturated rings. The molecule has 3 nitrogen and oxygen atoms in total. The van der Waals surface area contributed by atoms with Gasteiger partial charge in [0.2, 0.25) is 0 Å². The lowest BCUT2D eigenvalue weighted by atomic mass is 9.21. The lowest BCUT2D eigenvalue weighted by molar-refractivity contribution is -0.0688. The molecule has 7 aliphatic carbocycles. The first-order valence-electron chi connectivity index (χ1n) is 23.3. The predicted octanol–water partition coefficient (Wildman–Crippen LogP) is 11.1. The van der Waals surface area contributed by atoms with Crippen molar-refractivity contribution in [2.45, 2.75) is 195 Å². The second kappa shape index (κ2) is 13.5. The van der Waals surface area contributed by atoms with Crippen LogP contribution in [0.15, 0.2) is 72.4 Å². The van der Waals surface area contributed by atoms with Crippen molar-refractivity contribution in [2.24, 2.45) is 35.0 Å². The molecule has 4 aliphatic heterocycles. The third kappa shape index (κ3) is 5.08. The van der Waals surface area contributed by atoms with E-state index in [2.05, 4.69) is 90.5 Å². The SMILES string of the molecule is CC1(C)N2C3CCCC4C3B(C3CCC(C5C=CC=CC5)C(C32)C12CCCCC2)C1OC(C2=CC=CCC2)C(C2C=CC=CC2)C1N4C1CCCCC1. The summed E-state index contributed by atoms with van der Waals surface area (Å²) >= 11 is 0. The lowest BCUT2D eigenvalue weighted by Gasteiger charge is -2.67. The summed E-state index contributed by atoms with van der Waals surface area (Å²) in [4.78, 5) is 6.72. The van der Waals surface area contributed by atoms with Gasteiger partial charge in [-0.2, -0.15) is 0 Å². The van der Waals surface area contributed by atoms with Crippen molar-refractivity contribution in [2.75, 3.05) is 0 Å². The number of allylic oxidation sites excluding steroid dienone is 11. The monoisotopic (exact) mass is 713 g/mol. The molecule has 0 N–H and O–H groups in total. The number of hydrogen-bond donors (Lipinski definition) is 0. The Labute approximate surface area is 323 Å². The van der Waals surface area contributed by atoms with Crippen LogP contribution in [-0.2, 0) is 4.74 Å². The second-order valence-electron chi connectivity index (χ2n) is 20.8. The molecule has 0 aromatic heterocycles. The third-order valence-corrected chi connectivity index (χ3v) is 18.8. The first kappa shape index (κ1) is 34.6. The summed E-state index contributed by atoms with van der Waals surface area (Å²) in [5, 5.41) is 0. The van der Waals surface area contributed by atoms with Crippen molar-refractivity contribution in [3.8, 4) is 0 Å². The molecule has 4 heteroatoms. The Balaban J connectivity index is 1.08. The van der Waals surface area contributed by atoms with Gasteiger partial charge in [0.1, 0.15) is 0 Å². The fraction of sp³-hybridized carbons (Fsp3) is 0.755. The second-order valence-corrected chi connectivity index (χ2v) is 20.8. The molecule has 4 saturated carbocycles. The Hall–Kier alpha value is -1.62. The Morgan fingerprint density at radius 1 is 0.717 bits per heavy atom. The van der Waals surface area contributed by atoms with Crippen LogP contribution in [0.5, 0.6) is 0 Å². The van der Waals surface area contributed by atoms with Gasteiger partial charge in [-0.05, 0) is 131 Å². The van der Waals surface area contributed by atoms with Crippen LogP contribution < -0.4 is 0 Å². The van der Waals surface area contributed by atoms with E-state index in [4.69, 9.17) is 4.74 Å². The molecule has 13 atom stereocenters. The Morgan fingerprint density at radius 2 is 1.47 bits per heavy atom. The molecule has 53 heavy (non-hydrogen) atoms. The van der Waals surface area contributed by atoms with Gasteiger partial charge < -0.3 is 4.74 Å². The molecule has 0 aromatic rings. The number of ether oxygens (including phenoxy) is 1. The van der Waals surface area contributed by atoms with Gasteiger partial charge in [-0.25, -0.2) is 0 Å². The maximum atomic E-state index is 8.06. The van der Waals surface area contributed by atoms with Gasteiger partial charge in [0.15, 0.2) is 6.71 Å². The molecule has 1 spiro atoms. The molecule has 4 saturated heterocycles. The molecular weight excluding hydrogens is 643 g/mol. The predicted molar refractivity (Wildman–Crippen MR) is 220 cm³/mol. The van der Waals surface area contributed by atoms with Crippen LogP contribution in [0.4, 0.5) is 0 Å². The van der Waals surface area contributed by atoms with Gasteiger partial charge in [0, 0.05) is 47.7 Å². The van der Waals surface area contributed by atoms with Gasteiger partial charge in [-0.1, -0.05) is 118 Å². The first-order valence-corrected chi connectivity index (χ1v) is 23.3. The molecule has 0 bridgehead atoms. The van der Waals surface area contributed by atoms with Gasteiger partial charge in [0.05, 0.1) is 6.10 Å². The molecule has 11 rings (SSSR count). The average molecular weight is 713 g/mol. The number of hydrogen-bond acceptors (Lipinski definition) is 3. The molecular formula is C49H69BN2O. The third-order valence-electron chi connectivity index (χ3n) is 18.8. The molecule has 4 heterocycles. The summed E-state index contributed by atoms with van der Waals surface area (Å²) in [6.07, 6.45) is 53.7. The maximum absolute atomic E-state index is 8.06. The van der Waals surface area contributed by atoms with Crippen molar-refractivity contribution in [1.82, 2.24) is 9.80 Å². The summed E-state index contributed by atoms with van der Waals surface area (Å²) in [7, 11) is 0. The first-order chi connectivity index (χ1) is 26.1. The lowest BCUT2D eigenvalue weighted by Crippen LogP contribution is -2.76. The average Bonchev–Trinajstić information content (AvgIpc) is 3.70. The Bertz CT molecular complexity index is 1570. The normalized spacial score (nSPS) is 47.0. The molecule has 284 valence electrons. The van der Waals surface area contributed by atoms with Crippen LogP contribution in [0, 0.1) is 35.0 Å². The van der Waals surface area contributed by atoms with Crippen molar-refractivity contribution in [3.63, 3.8) is 0 Å². The molecule has 0 amide bonds. The van der Waals surface area contributed by atoms with Crippen LogP contribution in [0.2, 0.25) is 11.6 Å². The highest BCUT2D eigenvalue weighted by Gasteiger charge is 2.76. The highest BCUT2D eigenvalue weighted by Crippen LogP contribution is 2.73. The minimum Gasteiger partial charge on any atom is -0.377 e. The van der Waals surface area contributed by atoms with E-state index in [1.165, 1.54) is 122 Å². The molecule has 11 aliphatic rings. The summed E-state index contributed by atoms with van der Waals surface area (Å²) in [6.45, 7) is 6.33. The largest absolute Gasteiger partial charge is 0.377 e. The summed E-state index contributed by atoms with van der Waals surface area (Å²) < 4.78 is 8.06. The highest BCUT2D eigenvalue weighted by atomic mass is 16.5. The van der Waals surface area contributed by atoms with Gasteiger partial charge in [0.25, 0.3) is 0 Å². The Kier molecular flexibility index (Phi) is 8.82. The standard InChI is InChI=1S/C49H69BN2O/c1-48(2)49(31-16-7-17-32-49)42-37(33-19-8-3-9-20-33)29-30-38-44(42)52(48)40-28-18-27-39-43(40)50(38)47-45(51(39)36-25-14-6-15-26-36)41(34-21-10-4-11-22-34)46(53-47)35-23-12-5-13-24-35/h3-5,8-12,19,21,23,33-34,36-47H,6-7,13-18,20,22,24-32H2,1-2H3. The van der Waals surface area contributed by atoms with Gasteiger partial charge in [-0.3, -0.25) is 9.80 Å². The van der Waals surface area contributed by atoms with Crippen LogP contribution in [0.25, 0.3) is 0 Å². The van der Waals surface area contributed by atoms with Crippen LogP contribution in [0.3, 0.4) is 0 Å². The van der Waals surface area contributed by atoms with Gasteiger partial charge >= 0.3 is 0 Å². The number of fused-ring (bicyclic) bond motifs is 5. The number of nitrogens with zero attached hydrogens (tertiary/aromatic N) is 2. The van der Waals surface area contributed by atoms with Crippen LogP contribution in [0.1, 0.15) is 136 Å². The maximum Gasteiger partial charge on any atom is 0.189 e. The van der Waals surface area contributed by atoms with E-state index in [1.807, 2.05) is 0 Å². The molecule has 13 unspecified atom stereocenters. The zero-order chi connectivity index (χ0) is 35.3. The van der Waals surface area contributed by atoms with Gasteiger partial charge in [-0.15, -0.1) is 0 Å². The highest BCUT2D eigenvalue weighted by molar-refractivity contribution is 6.65. The van der Waals surface area contributed by atoms with Crippen molar-refractivity contribution in [1.29, 1.82) is 0 Å². The van der Waals surface area contributed by atoms with Crippen LogP contribution in [-0.4, -0.2) is 64.4 Å². The van der Waals surface area contributed by atoms with E-state index in [9.17, 15) is 0 Å². The van der Waals surface area contributed by atoms with Crippen LogP contribution >= 0.6 is 0 Å². The molecule has 0 aromatic carbocycles. The Morgan fingerprint density at radius 3 is 2.21 bits per heavy atom. The van der Waals surface area contributed by atoms with E-state index >= 15 is 0 Å². The fourth-order valence-electron chi connectivity index (χ4n) is 17.2. The van der Waals surface area contributed by atoms with Crippen molar-refractivity contribution < 1.29 is 4.74 Å². The smallest absolute Gasteiger partial charge is 0.189 e.